The molecule has 0 saturated heterocycles. The molecule has 1 amide bonds. The lowest BCUT2D eigenvalue weighted by molar-refractivity contribution is -0.167. The van der Waals surface area contributed by atoms with Gasteiger partial charge >= 0.3 is 17.9 Å². The van der Waals surface area contributed by atoms with Gasteiger partial charge in [-0.15, -0.1) is 5.10 Å². The minimum absolute atomic E-state index is 0.0167. The molecular formula is C28H31Cl2N5O9. The summed E-state index contributed by atoms with van der Waals surface area (Å²) in [6.45, 7) is 2.49. The van der Waals surface area contributed by atoms with Crippen molar-refractivity contribution in [3.05, 3.63) is 70.0 Å². The normalized spacial score (nSPS) is 12.5. The predicted molar refractivity (Wildman–Crippen MR) is 156 cm³/mol. The van der Waals surface area contributed by atoms with Gasteiger partial charge in [0.05, 0.1) is 26.0 Å². The number of benzene rings is 2. The van der Waals surface area contributed by atoms with E-state index in [9.17, 15) is 29.4 Å². The Morgan fingerprint density at radius 1 is 1.09 bits per heavy atom. The van der Waals surface area contributed by atoms with Gasteiger partial charge in [-0.2, -0.15) is 0 Å². The molecule has 0 radical (unpaired) electrons. The average Bonchev–Trinajstić information content (AvgIpc) is 3.46. The second-order valence-corrected chi connectivity index (χ2v) is 10.7. The number of hydrogen-bond donors (Lipinski definition) is 3. The van der Waals surface area contributed by atoms with Crippen LogP contribution in [0.3, 0.4) is 0 Å². The topological polar surface area (TPSA) is 182 Å². The number of carboxylic acids is 1. The molecule has 3 rings (SSSR count). The van der Waals surface area contributed by atoms with Gasteiger partial charge in [-0.25, -0.2) is 9.80 Å². The van der Waals surface area contributed by atoms with Gasteiger partial charge in [0.1, 0.15) is 6.20 Å². The van der Waals surface area contributed by atoms with Gasteiger partial charge in [0, 0.05) is 22.2 Å². The molecule has 3 N–H and O–H groups in total. The number of carbonyl (C=O) groups excluding carboxylic acids is 3. The fourth-order valence-corrected chi connectivity index (χ4v) is 4.28. The van der Waals surface area contributed by atoms with E-state index in [4.69, 9.17) is 32.8 Å². The molecule has 2 atom stereocenters. The summed E-state index contributed by atoms with van der Waals surface area (Å²) < 4.78 is 9.68. The SMILES string of the molecule is COC(=O)C[C@H](C(=O)OCOn1cc(C(=O)NN(Cc2ccc(-c3cc(Cl)ccc3Cl)cc2)C[C@@H](O)C(=O)O)nn1)C(C)C. The second-order valence-electron chi connectivity index (χ2n) is 9.84. The highest BCUT2D eigenvalue weighted by molar-refractivity contribution is 6.35. The van der Waals surface area contributed by atoms with E-state index in [2.05, 4.69) is 20.5 Å². The first-order valence-corrected chi connectivity index (χ1v) is 13.9. The summed E-state index contributed by atoms with van der Waals surface area (Å²) in [5, 5.41) is 28.7. The number of carbonyl (C=O) groups is 4. The molecule has 0 aliphatic rings. The highest BCUT2D eigenvalue weighted by atomic mass is 35.5. The number of amides is 1. The van der Waals surface area contributed by atoms with E-state index in [0.29, 0.717) is 15.6 Å². The van der Waals surface area contributed by atoms with E-state index in [-0.39, 0.29) is 24.6 Å². The number of ether oxygens (including phenoxy) is 2. The van der Waals surface area contributed by atoms with Crippen molar-refractivity contribution in [3.63, 3.8) is 0 Å². The average molecular weight is 652 g/mol. The van der Waals surface area contributed by atoms with Crippen LogP contribution in [0, 0.1) is 11.8 Å². The van der Waals surface area contributed by atoms with Crippen LogP contribution in [-0.4, -0.2) is 80.7 Å². The van der Waals surface area contributed by atoms with Gasteiger partial charge in [-0.3, -0.25) is 19.8 Å². The molecule has 1 aromatic heterocycles. The molecule has 16 heteroatoms. The Labute approximate surface area is 262 Å². The first kappa shape index (κ1) is 34.3. The van der Waals surface area contributed by atoms with E-state index in [0.717, 1.165) is 22.2 Å². The number of hydrazine groups is 1. The largest absolute Gasteiger partial charge is 0.479 e. The van der Waals surface area contributed by atoms with Crippen molar-refractivity contribution in [2.75, 3.05) is 20.4 Å². The summed E-state index contributed by atoms with van der Waals surface area (Å²) >= 11 is 12.4. The maximum Gasteiger partial charge on any atom is 0.333 e. The molecule has 0 aliphatic carbocycles. The molecule has 14 nitrogen and oxygen atoms in total. The number of nitrogens with zero attached hydrogens (tertiary/aromatic N) is 4. The van der Waals surface area contributed by atoms with Crippen molar-refractivity contribution in [1.82, 2.24) is 25.6 Å². The van der Waals surface area contributed by atoms with Crippen LogP contribution in [-0.2, 0) is 30.4 Å². The van der Waals surface area contributed by atoms with Crippen LogP contribution in [0.2, 0.25) is 10.0 Å². The Balaban J connectivity index is 1.63. The molecule has 2 aromatic carbocycles. The summed E-state index contributed by atoms with van der Waals surface area (Å²) in [6.07, 6.45) is -0.858. The molecule has 0 fully saturated rings. The second kappa shape index (κ2) is 16.0. The third-order valence-electron chi connectivity index (χ3n) is 6.32. The molecule has 3 aromatic rings. The molecular weight excluding hydrogens is 621 g/mol. The fraction of sp³-hybridized carbons (Fsp3) is 0.357. The number of esters is 2. The number of rotatable bonds is 15. The quantitative estimate of drug-likeness (QED) is 0.124. The maximum absolute atomic E-state index is 12.9. The molecule has 236 valence electrons. The first-order valence-electron chi connectivity index (χ1n) is 13.2. The number of carboxylic acid groups (broad SMARTS) is 1. The zero-order valence-electron chi connectivity index (χ0n) is 24.0. The van der Waals surface area contributed by atoms with Crippen molar-refractivity contribution in [2.45, 2.75) is 32.9 Å². The van der Waals surface area contributed by atoms with E-state index in [1.54, 1.807) is 56.3 Å². The van der Waals surface area contributed by atoms with Crippen LogP contribution in [0.5, 0.6) is 0 Å². The molecule has 0 unspecified atom stereocenters. The van der Waals surface area contributed by atoms with Gasteiger partial charge < -0.3 is 24.5 Å². The minimum atomic E-state index is -1.80. The first-order chi connectivity index (χ1) is 20.9. The Kier molecular flexibility index (Phi) is 12.5. The summed E-state index contributed by atoms with van der Waals surface area (Å²) in [7, 11) is 1.22. The van der Waals surface area contributed by atoms with E-state index in [1.807, 2.05) is 0 Å². The third kappa shape index (κ3) is 9.91. The van der Waals surface area contributed by atoms with Crippen LogP contribution in [0.25, 0.3) is 11.1 Å². The van der Waals surface area contributed by atoms with Gasteiger partial charge in [-0.05, 0) is 40.5 Å². The number of aliphatic hydroxyl groups excluding tert-OH is 1. The summed E-state index contributed by atoms with van der Waals surface area (Å²) in [6, 6.07) is 12.2. The molecule has 0 bridgehead atoms. The minimum Gasteiger partial charge on any atom is -0.479 e. The number of halogens is 2. The van der Waals surface area contributed by atoms with Crippen molar-refractivity contribution >= 4 is 47.0 Å². The zero-order chi connectivity index (χ0) is 32.4. The zero-order valence-corrected chi connectivity index (χ0v) is 25.5. The monoisotopic (exact) mass is 651 g/mol. The summed E-state index contributed by atoms with van der Waals surface area (Å²) in [5.74, 6) is -4.45. The maximum atomic E-state index is 12.9. The highest BCUT2D eigenvalue weighted by Crippen LogP contribution is 2.30. The number of nitrogens with one attached hydrogen (secondary N) is 1. The van der Waals surface area contributed by atoms with Gasteiger partial charge in [0.2, 0.25) is 0 Å². The van der Waals surface area contributed by atoms with E-state index < -0.39 is 49.2 Å². The Morgan fingerprint density at radius 3 is 2.43 bits per heavy atom. The Bertz CT molecular complexity index is 1470. The molecule has 0 aliphatic heterocycles. The third-order valence-corrected chi connectivity index (χ3v) is 6.88. The number of aromatic nitrogens is 3. The molecule has 44 heavy (non-hydrogen) atoms. The van der Waals surface area contributed by atoms with Crippen LogP contribution in [0.15, 0.2) is 48.7 Å². The van der Waals surface area contributed by atoms with Crippen molar-refractivity contribution < 1.29 is 43.7 Å². The molecule has 1 heterocycles. The van der Waals surface area contributed by atoms with Gasteiger partial charge in [0.25, 0.3) is 12.7 Å². The standard InChI is InChI=1S/C28H31Cl2N5O9/c1-16(2)20(11-25(37)42-3)28(41)43-15-44-35-13-23(31-33-35)26(38)32-34(14-24(36)27(39)40)12-17-4-6-18(7-5-17)21-10-19(29)8-9-22(21)30/h4-10,13,16,20,24,36H,11-12,14-15H2,1-3H3,(H,32,38)(H,39,40)/t20-,24+/m0/s1. The van der Waals surface area contributed by atoms with E-state index in [1.165, 1.54) is 12.1 Å². The van der Waals surface area contributed by atoms with Crippen molar-refractivity contribution in [2.24, 2.45) is 11.8 Å². The highest BCUT2D eigenvalue weighted by Gasteiger charge is 2.27. The lowest BCUT2D eigenvalue weighted by atomic mass is 9.93. The van der Waals surface area contributed by atoms with E-state index >= 15 is 0 Å². The van der Waals surface area contributed by atoms with Crippen LogP contribution in [0.4, 0.5) is 0 Å². The number of methoxy groups -OCH3 is 1. The molecule has 0 saturated carbocycles. The molecule has 0 spiro atoms. The van der Waals surface area contributed by atoms with Crippen molar-refractivity contribution in [3.8, 4) is 11.1 Å². The predicted octanol–water partition coefficient (Wildman–Crippen LogP) is 2.61. The Hall–Kier alpha value is -4.24. The van der Waals surface area contributed by atoms with Crippen LogP contribution in [0.1, 0.15) is 36.3 Å². The van der Waals surface area contributed by atoms with Crippen LogP contribution < -0.4 is 10.3 Å². The Morgan fingerprint density at radius 2 is 1.80 bits per heavy atom. The van der Waals surface area contributed by atoms with Gasteiger partial charge in [-0.1, -0.05) is 66.2 Å². The lowest BCUT2D eigenvalue weighted by Crippen LogP contribution is -2.47. The number of hydrogen-bond acceptors (Lipinski definition) is 11. The van der Waals surface area contributed by atoms with Crippen LogP contribution >= 0.6 is 23.2 Å². The summed E-state index contributed by atoms with van der Waals surface area (Å²) in [4.78, 5) is 54.1. The van der Waals surface area contributed by atoms with Gasteiger partial charge in [0.15, 0.2) is 11.8 Å². The number of aliphatic hydroxyl groups is 1. The summed E-state index contributed by atoms with van der Waals surface area (Å²) in [5.41, 5.74) is 4.46. The lowest BCUT2D eigenvalue weighted by Gasteiger charge is -2.24. The number of aliphatic carboxylic acids is 1. The smallest absolute Gasteiger partial charge is 0.333 e. The fourth-order valence-electron chi connectivity index (χ4n) is 3.88. The van der Waals surface area contributed by atoms with Crippen molar-refractivity contribution in [1.29, 1.82) is 0 Å².